The van der Waals surface area contributed by atoms with Gasteiger partial charge in [-0.15, -0.1) is 12.6 Å². The summed E-state index contributed by atoms with van der Waals surface area (Å²) in [6.07, 6.45) is 0. The van der Waals surface area contributed by atoms with Crippen LogP contribution in [-0.2, 0) is 0 Å². The summed E-state index contributed by atoms with van der Waals surface area (Å²) in [6.45, 7) is 0. The van der Waals surface area contributed by atoms with Crippen LogP contribution in [0, 0.1) is 10.1 Å². The van der Waals surface area contributed by atoms with Crippen LogP contribution in [0.4, 0.5) is 5.69 Å². The molecule has 0 amide bonds. The monoisotopic (exact) mass is 300 g/mol. The molecule has 0 unspecified atom stereocenters. The van der Waals surface area contributed by atoms with Crippen molar-refractivity contribution in [3.05, 3.63) is 43.0 Å². The summed E-state index contributed by atoms with van der Waals surface area (Å²) in [4.78, 5) is 24.5. The SMILES string of the molecule is O=c1c([N+](=O)[O-])c(S)[nH]c2ccc(Br)cc12. The highest BCUT2D eigenvalue weighted by molar-refractivity contribution is 9.10. The fourth-order valence-electron chi connectivity index (χ4n) is 1.40. The first-order valence-electron chi connectivity index (χ1n) is 4.19. The van der Waals surface area contributed by atoms with Crippen LogP contribution in [-0.4, -0.2) is 9.91 Å². The highest BCUT2D eigenvalue weighted by Gasteiger charge is 2.19. The first-order valence-corrected chi connectivity index (χ1v) is 5.43. The largest absolute Gasteiger partial charge is 0.346 e. The number of nitrogens with one attached hydrogen (secondary N) is 1. The lowest BCUT2D eigenvalue weighted by molar-refractivity contribution is -0.389. The van der Waals surface area contributed by atoms with Gasteiger partial charge < -0.3 is 4.98 Å². The number of fused-ring (bicyclic) bond motifs is 1. The summed E-state index contributed by atoms with van der Waals surface area (Å²) in [7, 11) is 0. The van der Waals surface area contributed by atoms with E-state index >= 15 is 0 Å². The van der Waals surface area contributed by atoms with Gasteiger partial charge in [0.05, 0.1) is 15.8 Å². The van der Waals surface area contributed by atoms with Crippen molar-refractivity contribution in [2.24, 2.45) is 0 Å². The Labute approximate surface area is 103 Å². The Hall–Kier alpha value is -1.34. The molecule has 0 saturated carbocycles. The van der Waals surface area contributed by atoms with Crippen molar-refractivity contribution in [2.75, 3.05) is 0 Å². The second-order valence-electron chi connectivity index (χ2n) is 3.10. The van der Waals surface area contributed by atoms with E-state index in [4.69, 9.17) is 0 Å². The molecule has 82 valence electrons. The molecule has 0 spiro atoms. The fraction of sp³-hybridized carbons (Fsp3) is 0. The smallest absolute Gasteiger partial charge is 0.344 e. The zero-order chi connectivity index (χ0) is 11.9. The maximum atomic E-state index is 11.8. The minimum atomic E-state index is -0.735. The van der Waals surface area contributed by atoms with Gasteiger partial charge in [0.2, 0.25) is 0 Å². The van der Waals surface area contributed by atoms with Crippen molar-refractivity contribution in [1.29, 1.82) is 0 Å². The summed E-state index contributed by atoms with van der Waals surface area (Å²) in [5.74, 6) is 0. The first-order chi connectivity index (χ1) is 7.50. The van der Waals surface area contributed by atoms with E-state index in [0.717, 1.165) is 0 Å². The quantitative estimate of drug-likeness (QED) is 0.482. The molecule has 0 fully saturated rings. The average Bonchev–Trinajstić information content (AvgIpc) is 2.19. The van der Waals surface area contributed by atoms with E-state index < -0.39 is 16.0 Å². The molecule has 1 N–H and O–H groups in total. The number of halogens is 1. The van der Waals surface area contributed by atoms with Gasteiger partial charge in [-0.2, -0.15) is 0 Å². The van der Waals surface area contributed by atoms with Gasteiger partial charge >= 0.3 is 5.69 Å². The number of hydrogen-bond donors (Lipinski definition) is 2. The van der Waals surface area contributed by atoms with E-state index in [1.807, 2.05) is 0 Å². The Morgan fingerprint density at radius 1 is 1.44 bits per heavy atom. The number of thiol groups is 1. The number of aromatic nitrogens is 1. The first kappa shape index (κ1) is 11.2. The van der Waals surface area contributed by atoms with E-state index in [1.54, 1.807) is 12.1 Å². The predicted molar refractivity (Wildman–Crippen MR) is 66.2 cm³/mol. The van der Waals surface area contributed by atoms with Crippen LogP contribution in [0.25, 0.3) is 10.9 Å². The predicted octanol–water partition coefficient (Wildman–Crippen LogP) is 2.49. The molecule has 2 rings (SSSR count). The van der Waals surface area contributed by atoms with Crippen molar-refractivity contribution in [2.45, 2.75) is 5.03 Å². The number of benzene rings is 1. The summed E-state index contributed by atoms with van der Waals surface area (Å²) < 4.78 is 0.687. The van der Waals surface area contributed by atoms with Gasteiger partial charge in [0.1, 0.15) is 0 Å². The third kappa shape index (κ3) is 1.72. The van der Waals surface area contributed by atoms with Crippen LogP contribution in [0.15, 0.2) is 32.5 Å². The van der Waals surface area contributed by atoms with Gasteiger partial charge in [0, 0.05) is 4.47 Å². The van der Waals surface area contributed by atoms with Crippen LogP contribution in [0.3, 0.4) is 0 Å². The normalized spacial score (nSPS) is 10.6. The average molecular weight is 301 g/mol. The van der Waals surface area contributed by atoms with E-state index in [0.29, 0.717) is 9.99 Å². The lowest BCUT2D eigenvalue weighted by Gasteiger charge is -2.01. The third-order valence-corrected chi connectivity index (χ3v) is 2.92. The maximum absolute atomic E-state index is 11.8. The Morgan fingerprint density at radius 3 is 2.75 bits per heavy atom. The topological polar surface area (TPSA) is 76.0 Å². The number of rotatable bonds is 1. The second-order valence-corrected chi connectivity index (χ2v) is 4.46. The molecule has 0 aliphatic rings. The summed E-state index contributed by atoms with van der Waals surface area (Å²) in [5.41, 5.74) is -0.650. The molecule has 0 aliphatic heterocycles. The molecule has 0 atom stereocenters. The van der Waals surface area contributed by atoms with Crippen molar-refractivity contribution in [3.63, 3.8) is 0 Å². The summed E-state index contributed by atoms with van der Waals surface area (Å²) >= 11 is 7.10. The van der Waals surface area contributed by atoms with Crippen molar-refractivity contribution >= 4 is 45.1 Å². The second kappa shape index (κ2) is 3.91. The minimum Gasteiger partial charge on any atom is -0.344 e. The molecule has 0 radical (unpaired) electrons. The zero-order valence-electron chi connectivity index (χ0n) is 7.73. The van der Waals surface area contributed by atoms with E-state index in [2.05, 4.69) is 33.5 Å². The van der Waals surface area contributed by atoms with Gasteiger partial charge in [-0.1, -0.05) is 15.9 Å². The molecule has 1 heterocycles. The number of aromatic amines is 1. The number of pyridine rings is 1. The van der Waals surface area contributed by atoms with Crippen LogP contribution in [0.1, 0.15) is 0 Å². The Balaban J connectivity index is 2.96. The summed E-state index contributed by atoms with van der Waals surface area (Å²) in [5, 5.41) is 10.9. The van der Waals surface area contributed by atoms with Gasteiger partial charge in [0.25, 0.3) is 5.43 Å². The molecule has 2 aromatic rings. The van der Waals surface area contributed by atoms with Gasteiger partial charge in [0.15, 0.2) is 5.03 Å². The third-order valence-electron chi connectivity index (χ3n) is 2.10. The molecule has 5 nitrogen and oxygen atoms in total. The highest BCUT2D eigenvalue weighted by Crippen LogP contribution is 2.22. The number of nitro groups is 1. The van der Waals surface area contributed by atoms with Crippen LogP contribution in [0.2, 0.25) is 0 Å². The number of H-pyrrole nitrogens is 1. The Morgan fingerprint density at radius 2 is 2.12 bits per heavy atom. The molecule has 0 aliphatic carbocycles. The molecule has 1 aromatic heterocycles. The molecular formula is C9H5BrN2O3S. The Kier molecular flexibility index (Phi) is 2.73. The van der Waals surface area contributed by atoms with E-state index in [-0.39, 0.29) is 10.4 Å². The lowest BCUT2D eigenvalue weighted by atomic mass is 10.2. The van der Waals surface area contributed by atoms with Gasteiger partial charge in [-0.25, -0.2) is 0 Å². The highest BCUT2D eigenvalue weighted by atomic mass is 79.9. The molecule has 1 aromatic carbocycles. The van der Waals surface area contributed by atoms with Crippen molar-refractivity contribution in [1.82, 2.24) is 4.98 Å². The van der Waals surface area contributed by atoms with Crippen LogP contribution < -0.4 is 5.43 Å². The molecular weight excluding hydrogens is 296 g/mol. The van der Waals surface area contributed by atoms with Crippen LogP contribution in [0.5, 0.6) is 0 Å². The molecule has 0 bridgehead atoms. The van der Waals surface area contributed by atoms with Crippen molar-refractivity contribution < 1.29 is 4.92 Å². The number of nitrogens with zero attached hydrogens (tertiary/aromatic N) is 1. The zero-order valence-corrected chi connectivity index (χ0v) is 10.2. The van der Waals surface area contributed by atoms with Gasteiger partial charge in [-0.3, -0.25) is 14.9 Å². The lowest BCUT2D eigenvalue weighted by Crippen LogP contribution is -2.10. The standard InChI is InChI=1S/C9H5BrN2O3S/c10-4-1-2-6-5(3-4)8(13)7(12(14)15)9(16)11-6/h1-3H,(H2,11,13,16). The van der Waals surface area contributed by atoms with E-state index in [1.165, 1.54) is 6.07 Å². The Bertz CT molecular complexity index is 653. The fourth-order valence-corrected chi connectivity index (χ4v) is 2.07. The van der Waals surface area contributed by atoms with E-state index in [9.17, 15) is 14.9 Å². The number of hydrogen-bond acceptors (Lipinski definition) is 4. The maximum Gasteiger partial charge on any atom is 0.346 e. The van der Waals surface area contributed by atoms with Crippen LogP contribution >= 0.6 is 28.6 Å². The van der Waals surface area contributed by atoms with Crippen molar-refractivity contribution in [3.8, 4) is 0 Å². The minimum absolute atomic E-state index is 0.0372. The molecule has 0 saturated heterocycles. The summed E-state index contributed by atoms with van der Waals surface area (Å²) in [6, 6.07) is 4.93. The van der Waals surface area contributed by atoms with Gasteiger partial charge in [-0.05, 0) is 18.2 Å². The molecule has 7 heteroatoms. The molecule has 16 heavy (non-hydrogen) atoms.